The summed E-state index contributed by atoms with van der Waals surface area (Å²) in [7, 11) is 0. The maximum atomic E-state index is 12.9. The Morgan fingerprint density at radius 3 is 2.46 bits per heavy atom. The standard InChI is InChI=1S/C17H20FN3O5/c1-10(2)26-17(25)14(8-7-13(22)9-20-19)21-16(24)15(23)11-3-5-12(18)6-4-11/h3-6,9-10,14-15,19,23H,7-8H2,1-2H3/p+1/t14-,15-/m0/s1. The lowest BCUT2D eigenvalue weighted by atomic mass is 10.1. The number of nitrogens with one attached hydrogen (secondary N) is 2. The first kappa shape index (κ1) is 21.1. The molecule has 0 aliphatic heterocycles. The molecule has 0 saturated carbocycles. The van der Waals surface area contributed by atoms with Gasteiger partial charge >= 0.3 is 12.2 Å². The highest BCUT2D eigenvalue weighted by Crippen LogP contribution is 2.14. The first-order valence-electron chi connectivity index (χ1n) is 7.91. The molecule has 0 aliphatic carbocycles. The van der Waals surface area contributed by atoms with E-state index in [2.05, 4.69) is 10.1 Å². The van der Waals surface area contributed by atoms with Gasteiger partial charge in [-0.3, -0.25) is 9.59 Å². The first-order valence-corrected chi connectivity index (χ1v) is 7.91. The Bertz CT molecular complexity index is 699. The second-order valence-corrected chi connectivity index (χ2v) is 5.76. The van der Waals surface area contributed by atoms with E-state index in [1.165, 1.54) is 12.1 Å². The summed E-state index contributed by atoms with van der Waals surface area (Å²) < 4.78 is 18.0. The van der Waals surface area contributed by atoms with Crippen LogP contribution in [0.4, 0.5) is 4.39 Å². The molecule has 1 aromatic rings. The number of rotatable bonds is 9. The zero-order valence-corrected chi connectivity index (χ0v) is 14.4. The molecule has 2 atom stereocenters. The van der Waals surface area contributed by atoms with E-state index in [-0.39, 0.29) is 18.4 Å². The number of halogens is 1. The number of carbonyl (C=O) groups is 3. The predicted molar refractivity (Wildman–Crippen MR) is 87.8 cm³/mol. The molecule has 1 amide bonds. The van der Waals surface area contributed by atoms with Crippen LogP contribution >= 0.6 is 0 Å². The van der Waals surface area contributed by atoms with E-state index in [0.717, 1.165) is 18.3 Å². The number of esters is 1. The van der Waals surface area contributed by atoms with Crippen molar-refractivity contribution in [2.75, 3.05) is 0 Å². The monoisotopic (exact) mass is 366 g/mol. The lowest BCUT2D eigenvalue weighted by Gasteiger charge is -2.20. The van der Waals surface area contributed by atoms with Gasteiger partial charge in [0.25, 0.3) is 5.91 Å². The fourth-order valence-electron chi connectivity index (χ4n) is 2.03. The first-order chi connectivity index (χ1) is 12.2. The molecule has 1 aromatic carbocycles. The van der Waals surface area contributed by atoms with E-state index in [0.29, 0.717) is 0 Å². The Hall–Kier alpha value is -2.90. The summed E-state index contributed by atoms with van der Waals surface area (Å²) in [5.74, 6) is -2.65. The molecule has 0 spiro atoms. The topological polar surface area (TPSA) is 131 Å². The van der Waals surface area contributed by atoms with Crippen molar-refractivity contribution in [1.29, 1.82) is 5.53 Å². The minimum absolute atomic E-state index is 0.0850. The van der Waals surface area contributed by atoms with E-state index >= 15 is 0 Å². The molecular formula is C17H21FN3O5+. The molecule has 9 heteroatoms. The molecule has 0 fully saturated rings. The molecule has 0 heterocycles. The Labute approximate surface area is 149 Å². The fourth-order valence-corrected chi connectivity index (χ4v) is 2.03. The van der Waals surface area contributed by atoms with Crippen molar-refractivity contribution in [3.05, 3.63) is 35.6 Å². The summed E-state index contributed by atoms with van der Waals surface area (Å²) in [5, 5.41) is 12.4. The second-order valence-electron chi connectivity index (χ2n) is 5.76. The molecule has 0 bridgehead atoms. The van der Waals surface area contributed by atoms with Gasteiger partial charge in [0.15, 0.2) is 6.10 Å². The number of ketones is 1. The third-order valence-electron chi connectivity index (χ3n) is 3.27. The van der Waals surface area contributed by atoms with Crippen LogP contribution in [-0.2, 0) is 19.1 Å². The highest BCUT2D eigenvalue weighted by atomic mass is 19.1. The van der Waals surface area contributed by atoms with Gasteiger partial charge in [0, 0.05) is 6.42 Å². The molecule has 26 heavy (non-hydrogen) atoms. The fraction of sp³-hybridized carbons (Fsp3) is 0.412. The van der Waals surface area contributed by atoms with Crippen LogP contribution in [-0.4, -0.2) is 45.9 Å². The van der Waals surface area contributed by atoms with Crippen molar-refractivity contribution in [3.63, 3.8) is 0 Å². The van der Waals surface area contributed by atoms with Crippen LogP contribution in [0.3, 0.4) is 0 Å². The molecule has 0 aliphatic rings. The van der Waals surface area contributed by atoms with Crippen LogP contribution in [0, 0.1) is 11.3 Å². The highest BCUT2D eigenvalue weighted by Gasteiger charge is 2.27. The quantitative estimate of drug-likeness (QED) is 0.259. The molecule has 0 radical (unpaired) electrons. The number of carbonyl (C=O) groups excluding carboxylic acids is 3. The number of amides is 1. The van der Waals surface area contributed by atoms with Gasteiger partial charge in [-0.05, 0) is 38.0 Å². The lowest BCUT2D eigenvalue weighted by molar-refractivity contribution is -0.152. The van der Waals surface area contributed by atoms with Crippen LogP contribution in [0.2, 0.25) is 0 Å². The SMILES string of the molecule is CC(C)OC(=O)[C@H](CCC(=O)C=[N+]=N)NC(=O)[C@@H](O)c1ccc(F)cc1. The third kappa shape index (κ3) is 6.92. The van der Waals surface area contributed by atoms with Crippen LogP contribution < -0.4 is 5.32 Å². The summed E-state index contributed by atoms with van der Waals surface area (Å²) in [6.45, 7) is 3.25. The number of Topliss-reactive ketones (excluding diaryl/α,β-unsaturated/α-hetero) is 1. The van der Waals surface area contributed by atoms with Crippen molar-refractivity contribution in [2.24, 2.45) is 0 Å². The van der Waals surface area contributed by atoms with Gasteiger partial charge in [-0.15, -0.1) is 0 Å². The zero-order chi connectivity index (χ0) is 19.7. The van der Waals surface area contributed by atoms with Crippen LogP contribution in [0.25, 0.3) is 0 Å². The number of ether oxygens (including phenoxy) is 1. The molecule has 140 valence electrons. The van der Waals surface area contributed by atoms with E-state index in [9.17, 15) is 23.9 Å². The minimum atomic E-state index is -1.62. The maximum Gasteiger partial charge on any atom is 0.372 e. The smallest absolute Gasteiger partial charge is 0.372 e. The average Bonchev–Trinajstić information content (AvgIpc) is 2.58. The predicted octanol–water partition coefficient (Wildman–Crippen LogP) is 0.955. The van der Waals surface area contributed by atoms with Crippen molar-refractivity contribution < 1.29 is 33.4 Å². The van der Waals surface area contributed by atoms with Gasteiger partial charge < -0.3 is 15.2 Å². The third-order valence-corrected chi connectivity index (χ3v) is 3.27. The molecule has 0 unspecified atom stereocenters. The molecular weight excluding hydrogens is 345 g/mol. The number of benzene rings is 1. The normalized spacial score (nSPS) is 12.7. The minimum Gasteiger partial charge on any atom is -0.461 e. The summed E-state index contributed by atoms with van der Waals surface area (Å²) in [6, 6.07) is 3.51. The molecule has 0 saturated heterocycles. The number of aliphatic hydroxyl groups is 1. The lowest BCUT2D eigenvalue weighted by Crippen LogP contribution is -2.44. The van der Waals surface area contributed by atoms with Gasteiger partial charge in [-0.2, -0.15) is 0 Å². The van der Waals surface area contributed by atoms with Crippen molar-refractivity contribution in [3.8, 4) is 0 Å². The second kappa shape index (κ2) is 10.2. The van der Waals surface area contributed by atoms with Crippen LogP contribution in [0.5, 0.6) is 0 Å². The molecule has 0 aromatic heterocycles. The largest absolute Gasteiger partial charge is 0.461 e. The van der Waals surface area contributed by atoms with E-state index in [1.54, 1.807) is 13.8 Å². The summed E-state index contributed by atoms with van der Waals surface area (Å²) in [4.78, 5) is 38.6. The number of aliphatic hydroxyl groups excluding tert-OH is 1. The van der Waals surface area contributed by atoms with Gasteiger partial charge in [0.05, 0.1) is 16.4 Å². The summed E-state index contributed by atoms with van der Waals surface area (Å²) >= 11 is 0. The molecule has 1 rings (SSSR count). The van der Waals surface area contributed by atoms with Crippen LogP contribution in [0.1, 0.15) is 38.4 Å². The van der Waals surface area contributed by atoms with Gasteiger partial charge in [-0.1, -0.05) is 12.1 Å². The number of hydrogen-bond acceptors (Lipinski definition) is 6. The van der Waals surface area contributed by atoms with Gasteiger partial charge in [-0.25, -0.2) is 9.18 Å². The summed E-state index contributed by atoms with van der Waals surface area (Å²) in [5.41, 5.74) is 6.75. The Morgan fingerprint density at radius 1 is 1.31 bits per heavy atom. The van der Waals surface area contributed by atoms with Gasteiger partial charge in [0.2, 0.25) is 5.78 Å². The molecule has 8 nitrogen and oxygen atoms in total. The van der Waals surface area contributed by atoms with E-state index in [4.69, 9.17) is 10.3 Å². The Morgan fingerprint density at radius 2 is 1.92 bits per heavy atom. The Balaban J connectivity index is 2.83. The van der Waals surface area contributed by atoms with E-state index < -0.39 is 41.7 Å². The van der Waals surface area contributed by atoms with Crippen LogP contribution in [0.15, 0.2) is 24.3 Å². The number of hydrogen-bond donors (Lipinski definition) is 3. The zero-order valence-electron chi connectivity index (χ0n) is 14.4. The average molecular weight is 366 g/mol. The van der Waals surface area contributed by atoms with Gasteiger partial charge in [0.1, 0.15) is 11.9 Å². The van der Waals surface area contributed by atoms with Crippen molar-refractivity contribution >= 4 is 23.9 Å². The highest BCUT2D eigenvalue weighted by molar-refractivity contribution is 6.25. The maximum absolute atomic E-state index is 12.9. The summed E-state index contributed by atoms with van der Waals surface area (Å²) in [6.07, 6.45) is -1.49. The molecule has 3 N–H and O–H groups in total. The number of nitrogens with zero attached hydrogens (tertiary/aromatic N) is 1. The van der Waals surface area contributed by atoms with Crippen molar-refractivity contribution in [2.45, 2.75) is 44.9 Å². The van der Waals surface area contributed by atoms with E-state index in [1.807, 2.05) is 0 Å². The van der Waals surface area contributed by atoms with Crippen molar-refractivity contribution in [1.82, 2.24) is 5.32 Å². The Kier molecular flexibility index (Phi) is 8.27.